The van der Waals surface area contributed by atoms with E-state index in [2.05, 4.69) is 5.32 Å². The maximum atomic E-state index is 11.4. The van der Waals surface area contributed by atoms with Gasteiger partial charge in [-0.25, -0.2) is 4.79 Å². The van der Waals surface area contributed by atoms with Crippen molar-refractivity contribution in [1.29, 1.82) is 0 Å². The summed E-state index contributed by atoms with van der Waals surface area (Å²) in [6.45, 7) is 1.98. The number of ether oxygens (including phenoxy) is 1. The third-order valence-corrected chi connectivity index (χ3v) is 1.82. The van der Waals surface area contributed by atoms with Crippen LogP contribution < -0.4 is 5.32 Å². The molecule has 1 N–H and O–H groups in total. The summed E-state index contributed by atoms with van der Waals surface area (Å²) in [6, 6.07) is 9.21. The van der Waals surface area contributed by atoms with E-state index in [9.17, 15) is 9.59 Å². The first kappa shape index (κ1) is 12.0. The molecular formula is C12H13NO3. The monoisotopic (exact) mass is 219 g/mol. The van der Waals surface area contributed by atoms with E-state index in [0.29, 0.717) is 6.41 Å². The van der Waals surface area contributed by atoms with Crippen LogP contribution in [0.25, 0.3) is 6.08 Å². The van der Waals surface area contributed by atoms with E-state index in [1.165, 1.54) is 0 Å². The Morgan fingerprint density at radius 2 is 2.06 bits per heavy atom. The highest BCUT2D eigenvalue weighted by Crippen LogP contribution is 2.05. The van der Waals surface area contributed by atoms with Gasteiger partial charge in [0, 0.05) is 0 Å². The van der Waals surface area contributed by atoms with Gasteiger partial charge in [0.05, 0.1) is 6.61 Å². The zero-order chi connectivity index (χ0) is 11.8. The molecule has 0 radical (unpaired) electrons. The lowest BCUT2D eigenvalue weighted by atomic mass is 10.2. The average Bonchev–Trinajstić information content (AvgIpc) is 2.30. The summed E-state index contributed by atoms with van der Waals surface area (Å²) in [5, 5.41) is 2.32. The van der Waals surface area contributed by atoms with Crippen molar-refractivity contribution in [3.05, 3.63) is 41.6 Å². The maximum Gasteiger partial charge on any atom is 0.354 e. The van der Waals surface area contributed by atoms with Gasteiger partial charge >= 0.3 is 5.97 Å². The topological polar surface area (TPSA) is 55.4 Å². The number of hydrogen-bond acceptors (Lipinski definition) is 3. The first-order valence-corrected chi connectivity index (χ1v) is 4.92. The molecule has 4 nitrogen and oxygen atoms in total. The maximum absolute atomic E-state index is 11.4. The molecule has 0 heterocycles. The van der Waals surface area contributed by atoms with Crippen LogP contribution in [0.5, 0.6) is 0 Å². The molecule has 0 aromatic heterocycles. The standard InChI is InChI=1S/C12H13NO3/c1-2-16-12(15)11(13-9-14)8-10-6-4-3-5-7-10/h3-9H,2H2,1H3,(H,13,14). The first-order chi connectivity index (χ1) is 7.77. The van der Waals surface area contributed by atoms with Gasteiger partial charge in [-0.3, -0.25) is 4.79 Å². The van der Waals surface area contributed by atoms with Crippen molar-refractivity contribution in [1.82, 2.24) is 5.32 Å². The molecule has 0 atom stereocenters. The molecule has 1 rings (SSSR count). The fraction of sp³-hybridized carbons (Fsp3) is 0.167. The first-order valence-electron chi connectivity index (χ1n) is 4.92. The van der Waals surface area contributed by atoms with Gasteiger partial charge in [0.1, 0.15) is 5.70 Å². The minimum Gasteiger partial charge on any atom is -0.461 e. The van der Waals surface area contributed by atoms with E-state index >= 15 is 0 Å². The zero-order valence-electron chi connectivity index (χ0n) is 8.97. The normalized spacial score (nSPS) is 10.7. The largest absolute Gasteiger partial charge is 0.461 e. The number of hydrogen-bond donors (Lipinski definition) is 1. The summed E-state index contributed by atoms with van der Waals surface area (Å²) < 4.78 is 4.80. The van der Waals surface area contributed by atoms with Gasteiger partial charge in [-0.15, -0.1) is 0 Å². The van der Waals surface area contributed by atoms with E-state index in [-0.39, 0.29) is 12.3 Å². The van der Waals surface area contributed by atoms with Gasteiger partial charge < -0.3 is 10.1 Å². The molecule has 0 saturated heterocycles. The minimum absolute atomic E-state index is 0.128. The summed E-state index contributed by atoms with van der Waals surface area (Å²) >= 11 is 0. The van der Waals surface area contributed by atoms with Crippen LogP contribution in [-0.4, -0.2) is 19.0 Å². The van der Waals surface area contributed by atoms with Crippen LogP contribution in [0.1, 0.15) is 12.5 Å². The highest BCUT2D eigenvalue weighted by molar-refractivity contribution is 5.95. The molecule has 1 amide bonds. The third kappa shape index (κ3) is 3.57. The lowest BCUT2D eigenvalue weighted by molar-refractivity contribution is -0.139. The predicted octanol–water partition coefficient (Wildman–Crippen LogP) is 1.34. The molecule has 84 valence electrons. The van der Waals surface area contributed by atoms with Gasteiger partial charge in [0.15, 0.2) is 0 Å². The number of nitrogens with one attached hydrogen (secondary N) is 1. The van der Waals surface area contributed by atoms with Crippen LogP contribution in [0.2, 0.25) is 0 Å². The molecule has 0 aliphatic rings. The van der Waals surface area contributed by atoms with E-state index in [0.717, 1.165) is 5.56 Å². The Morgan fingerprint density at radius 3 is 2.62 bits per heavy atom. The number of carbonyl (C=O) groups is 2. The van der Waals surface area contributed by atoms with Crippen molar-refractivity contribution >= 4 is 18.5 Å². The van der Waals surface area contributed by atoms with Crippen molar-refractivity contribution in [3.8, 4) is 0 Å². The van der Waals surface area contributed by atoms with Crippen LogP contribution in [0.3, 0.4) is 0 Å². The second-order valence-electron chi connectivity index (χ2n) is 2.95. The smallest absolute Gasteiger partial charge is 0.354 e. The van der Waals surface area contributed by atoms with E-state index < -0.39 is 5.97 Å². The molecule has 0 bridgehead atoms. The van der Waals surface area contributed by atoms with E-state index in [1.54, 1.807) is 13.0 Å². The lowest BCUT2D eigenvalue weighted by Gasteiger charge is -2.05. The number of rotatable bonds is 5. The fourth-order valence-electron chi connectivity index (χ4n) is 1.15. The van der Waals surface area contributed by atoms with Crippen molar-refractivity contribution < 1.29 is 14.3 Å². The van der Waals surface area contributed by atoms with Gasteiger partial charge in [-0.05, 0) is 18.6 Å². The molecule has 1 aromatic carbocycles. The number of esters is 1. The van der Waals surface area contributed by atoms with Gasteiger partial charge in [-0.1, -0.05) is 30.3 Å². The Bertz CT molecular complexity index is 385. The molecule has 0 saturated carbocycles. The van der Waals surface area contributed by atoms with Crippen LogP contribution in [-0.2, 0) is 14.3 Å². The molecule has 1 aromatic rings. The molecule has 0 aliphatic carbocycles. The van der Waals surface area contributed by atoms with Gasteiger partial charge in [0.2, 0.25) is 6.41 Å². The Labute approximate surface area is 93.9 Å². The molecule has 0 aliphatic heterocycles. The number of amides is 1. The van der Waals surface area contributed by atoms with Gasteiger partial charge in [0.25, 0.3) is 0 Å². The summed E-state index contributed by atoms with van der Waals surface area (Å²) in [4.78, 5) is 21.8. The summed E-state index contributed by atoms with van der Waals surface area (Å²) in [5.41, 5.74) is 0.947. The SMILES string of the molecule is CCOC(=O)C(=Cc1ccccc1)NC=O. The third-order valence-electron chi connectivity index (χ3n) is 1.82. The Kier molecular flexibility index (Phi) is 4.79. The van der Waals surface area contributed by atoms with Crippen molar-refractivity contribution in [2.45, 2.75) is 6.92 Å². The molecule has 4 heteroatoms. The van der Waals surface area contributed by atoms with E-state index in [1.807, 2.05) is 30.3 Å². The quantitative estimate of drug-likeness (QED) is 0.462. The number of carbonyl (C=O) groups excluding carboxylic acids is 2. The summed E-state index contributed by atoms with van der Waals surface area (Å²) in [5.74, 6) is -0.543. The average molecular weight is 219 g/mol. The highest BCUT2D eigenvalue weighted by Gasteiger charge is 2.09. The molecular weight excluding hydrogens is 206 g/mol. The van der Waals surface area contributed by atoms with Crippen LogP contribution in [0.4, 0.5) is 0 Å². The minimum atomic E-state index is -0.543. The second kappa shape index (κ2) is 6.40. The lowest BCUT2D eigenvalue weighted by Crippen LogP contribution is -2.20. The second-order valence-corrected chi connectivity index (χ2v) is 2.95. The Hall–Kier alpha value is -2.10. The Balaban J connectivity index is 2.88. The summed E-state index contributed by atoms with van der Waals surface area (Å²) in [7, 11) is 0. The highest BCUT2D eigenvalue weighted by atomic mass is 16.5. The van der Waals surface area contributed by atoms with Crippen molar-refractivity contribution in [2.24, 2.45) is 0 Å². The summed E-state index contributed by atoms with van der Waals surface area (Å²) in [6.07, 6.45) is 2.01. The molecule has 0 unspecified atom stereocenters. The van der Waals surface area contributed by atoms with Crippen molar-refractivity contribution in [3.63, 3.8) is 0 Å². The fourth-order valence-corrected chi connectivity index (χ4v) is 1.15. The zero-order valence-corrected chi connectivity index (χ0v) is 8.97. The molecule has 0 spiro atoms. The van der Waals surface area contributed by atoms with Crippen molar-refractivity contribution in [2.75, 3.05) is 6.61 Å². The predicted molar refractivity (Wildman–Crippen MR) is 60.3 cm³/mol. The van der Waals surface area contributed by atoms with Gasteiger partial charge in [-0.2, -0.15) is 0 Å². The van der Waals surface area contributed by atoms with Crippen LogP contribution in [0, 0.1) is 0 Å². The molecule has 16 heavy (non-hydrogen) atoms. The van der Waals surface area contributed by atoms with Crippen LogP contribution in [0.15, 0.2) is 36.0 Å². The number of benzene rings is 1. The Morgan fingerprint density at radius 1 is 1.38 bits per heavy atom. The van der Waals surface area contributed by atoms with E-state index in [4.69, 9.17) is 4.74 Å². The molecule has 0 fully saturated rings. The van der Waals surface area contributed by atoms with Crippen LogP contribution >= 0.6 is 0 Å².